The van der Waals surface area contributed by atoms with E-state index < -0.39 is 5.56 Å². The topological polar surface area (TPSA) is 93.8 Å². The molecule has 8 heteroatoms. The zero-order valence-electron chi connectivity index (χ0n) is 19.7. The van der Waals surface area contributed by atoms with Crippen molar-refractivity contribution in [3.63, 3.8) is 0 Å². The number of aryl methyl sites for hydroxylation is 1. The number of hydrogen-bond donors (Lipinski definition) is 1. The third-order valence-electron chi connectivity index (χ3n) is 7.36. The van der Waals surface area contributed by atoms with E-state index in [0.717, 1.165) is 25.0 Å². The number of rotatable bonds is 6. The molecule has 1 unspecified atom stereocenters. The van der Waals surface area contributed by atoms with Crippen LogP contribution in [-0.4, -0.2) is 38.2 Å². The Balaban J connectivity index is 1.25. The summed E-state index contributed by atoms with van der Waals surface area (Å²) in [6.07, 6.45) is 5.31. The van der Waals surface area contributed by atoms with Crippen LogP contribution < -0.4 is 10.8 Å². The molecule has 1 amide bonds. The second-order valence-electron chi connectivity index (χ2n) is 9.96. The first-order valence-electron chi connectivity index (χ1n) is 12.1. The number of hydrogen-bond acceptors (Lipinski definition) is 5. The molecule has 2 aliphatic heterocycles. The number of carbonyl (C=O) groups is 1. The van der Waals surface area contributed by atoms with Gasteiger partial charge in [0.15, 0.2) is 0 Å². The summed E-state index contributed by atoms with van der Waals surface area (Å²) < 4.78 is 3.90. The molecule has 2 bridgehead atoms. The van der Waals surface area contributed by atoms with E-state index in [1.807, 2.05) is 4.90 Å². The van der Waals surface area contributed by atoms with Crippen LogP contribution in [0.25, 0.3) is 10.9 Å². The highest BCUT2D eigenvalue weighted by Gasteiger charge is 2.36. The number of anilines is 1. The maximum absolute atomic E-state index is 13.1. The zero-order chi connectivity index (χ0) is 24.0. The molecule has 1 aromatic carbocycles. The first kappa shape index (κ1) is 22.7. The second kappa shape index (κ2) is 8.92. The van der Waals surface area contributed by atoms with Crippen molar-refractivity contribution in [1.29, 1.82) is 0 Å². The Morgan fingerprint density at radius 2 is 1.97 bits per heavy atom. The van der Waals surface area contributed by atoms with Crippen LogP contribution in [-0.2, 0) is 17.8 Å². The molecule has 1 fully saturated rings. The summed E-state index contributed by atoms with van der Waals surface area (Å²) in [6, 6.07) is 11.9. The van der Waals surface area contributed by atoms with Crippen molar-refractivity contribution in [2.45, 2.75) is 58.0 Å². The number of pyridine rings is 1. The number of piperidine rings is 1. The maximum atomic E-state index is 13.1. The average molecular weight is 464 g/mol. The van der Waals surface area contributed by atoms with E-state index >= 15 is 0 Å². The fraction of sp³-hybridized carbons (Fsp3) is 0.462. The number of likely N-dealkylation sites (tertiary alicyclic amines) is 1. The Morgan fingerprint density at radius 1 is 1.18 bits per heavy atom. The number of carbonyl (C=O) groups excluding carboxylic acids is 1. The molecule has 0 spiro atoms. The monoisotopic (exact) mass is 463 g/mol. The molecule has 0 aliphatic carbocycles. The van der Waals surface area contributed by atoms with Crippen LogP contribution in [0.1, 0.15) is 56.3 Å². The Bertz CT molecular complexity index is 1280. The van der Waals surface area contributed by atoms with Crippen LogP contribution >= 0.6 is 0 Å². The predicted octanol–water partition coefficient (Wildman–Crippen LogP) is 4.05. The number of amides is 1. The van der Waals surface area contributed by atoms with Gasteiger partial charge in [0.1, 0.15) is 5.69 Å². The molecule has 0 saturated carbocycles. The van der Waals surface area contributed by atoms with Crippen LogP contribution in [0.2, 0.25) is 0 Å². The predicted molar refractivity (Wildman–Crippen MR) is 131 cm³/mol. The normalized spacial score (nSPS) is 19.5. The summed E-state index contributed by atoms with van der Waals surface area (Å²) in [4.78, 5) is 27.6. The van der Waals surface area contributed by atoms with Gasteiger partial charge < -0.3 is 24.5 Å². The number of aromatic nitrogens is 2. The first-order valence-corrected chi connectivity index (χ1v) is 12.1. The summed E-state index contributed by atoms with van der Waals surface area (Å²) in [5.41, 5.74) is 2.63. The Morgan fingerprint density at radius 3 is 2.74 bits per heavy atom. The smallest absolute Gasteiger partial charge is 0.275 e. The molecule has 180 valence electrons. The van der Waals surface area contributed by atoms with Gasteiger partial charge >= 0.3 is 0 Å². The molecule has 2 aliphatic rings. The van der Waals surface area contributed by atoms with Crippen molar-refractivity contribution in [3.05, 3.63) is 69.4 Å². The lowest BCUT2D eigenvalue weighted by atomic mass is 9.83. The molecule has 8 nitrogen and oxygen atoms in total. The number of nitrogens with zero attached hydrogens (tertiary/aromatic N) is 4. The molecule has 1 N–H and O–H groups in total. The van der Waals surface area contributed by atoms with Crippen molar-refractivity contribution in [2.75, 3.05) is 18.3 Å². The molecular formula is C26H31N4O4-. The number of para-hydroxylation sites is 1. The summed E-state index contributed by atoms with van der Waals surface area (Å²) in [6.45, 7) is 6.03. The molecule has 34 heavy (non-hydrogen) atoms. The lowest BCUT2D eigenvalue weighted by molar-refractivity contribution is -0.134. The van der Waals surface area contributed by atoms with E-state index in [1.54, 1.807) is 10.6 Å². The number of benzene rings is 1. The van der Waals surface area contributed by atoms with Gasteiger partial charge in [-0.3, -0.25) is 14.8 Å². The largest absolute Gasteiger partial charge is 0.733 e. The highest BCUT2D eigenvalue weighted by atomic mass is 16.8. The fourth-order valence-electron chi connectivity index (χ4n) is 5.78. The summed E-state index contributed by atoms with van der Waals surface area (Å²) in [7, 11) is 0. The Hall–Kier alpha value is -3.10. The molecular weight excluding hydrogens is 432 g/mol. The third kappa shape index (κ3) is 4.01. The van der Waals surface area contributed by atoms with Gasteiger partial charge in [-0.1, -0.05) is 18.2 Å². The van der Waals surface area contributed by atoms with Gasteiger partial charge in [0.2, 0.25) is 5.91 Å². The van der Waals surface area contributed by atoms with E-state index in [0.29, 0.717) is 32.1 Å². The van der Waals surface area contributed by atoms with E-state index in [4.69, 9.17) is 0 Å². The minimum absolute atomic E-state index is 0.0704. The molecule has 4 heterocycles. The van der Waals surface area contributed by atoms with Crippen LogP contribution in [0, 0.1) is 11.1 Å². The van der Waals surface area contributed by atoms with Crippen molar-refractivity contribution in [3.8, 4) is 0 Å². The van der Waals surface area contributed by atoms with Gasteiger partial charge in [0, 0.05) is 60.8 Å². The van der Waals surface area contributed by atoms with Gasteiger partial charge in [-0.05, 0) is 62.8 Å². The summed E-state index contributed by atoms with van der Waals surface area (Å²) >= 11 is 0. The van der Waals surface area contributed by atoms with Crippen LogP contribution in [0.15, 0.2) is 47.4 Å². The molecule has 1 saturated heterocycles. The first-order chi connectivity index (χ1) is 16.3. The van der Waals surface area contributed by atoms with Crippen molar-refractivity contribution in [1.82, 2.24) is 14.0 Å². The zero-order valence-corrected chi connectivity index (χ0v) is 19.7. The fourth-order valence-corrected chi connectivity index (χ4v) is 5.78. The number of fused-ring (bicyclic) bond motifs is 5. The highest BCUT2D eigenvalue weighted by molar-refractivity contribution is 5.84. The highest BCUT2D eigenvalue weighted by Crippen LogP contribution is 2.36. The standard InChI is InChI=1S/C26H31N4O4/c1-17(2)28-16-19(21-7-3-4-8-23(21)28)6-5-9-25(31)27-13-18-12-20(15-27)22-10-11-24(30(33)34)26(32)29(22)14-18/h3-4,7-8,10-11,16-18,20,33H,5-6,9,12-15H2,1-2H3/q-1/t18-,20?/m0/s1. The van der Waals surface area contributed by atoms with Gasteiger partial charge in [-0.15, -0.1) is 0 Å². The summed E-state index contributed by atoms with van der Waals surface area (Å²) in [5, 5.41) is 21.3. The quantitative estimate of drug-likeness (QED) is 0.557. The van der Waals surface area contributed by atoms with E-state index in [2.05, 4.69) is 48.9 Å². The molecule has 0 radical (unpaired) electrons. The van der Waals surface area contributed by atoms with Crippen LogP contribution in [0.3, 0.4) is 0 Å². The van der Waals surface area contributed by atoms with E-state index in [9.17, 15) is 20.0 Å². The van der Waals surface area contributed by atoms with Crippen molar-refractivity contribution < 1.29 is 10.0 Å². The van der Waals surface area contributed by atoms with E-state index in [-0.39, 0.29) is 28.7 Å². The second-order valence-corrected chi connectivity index (χ2v) is 9.96. The lowest BCUT2D eigenvalue weighted by Crippen LogP contribution is -2.49. The molecule has 3 aromatic rings. The van der Waals surface area contributed by atoms with Gasteiger partial charge in [0.25, 0.3) is 5.56 Å². The van der Waals surface area contributed by atoms with Crippen molar-refractivity contribution >= 4 is 22.5 Å². The van der Waals surface area contributed by atoms with Gasteiger partial charge in [-0.2, -0.15) is 0 Å². The SMILES string of the molecule is CC(C)n1cc(CCCC(=O)N2CC3C[C@@H](C2)Cn2c3ccc(N([O-])O)c2=O)c2ccccc21. The van der Waals surface area contributed by atoms with E-state index in [1.165, 1.54) is 22.5 Å². The maximum Gasteiger partial charge on any atom is 0.275 e. The van der Waals surface area contributed by atoms with Gasteiger partial charge in [-0.25, -0.2) is 0 Å². The Labute approximate surface area is 198 Å². The lowest BCUT2D eigenvalue weighted by Gasteiger charge is -2.43. The minimum Gasteiger partial charge on any atom is -0.733 e. The minimum atomic E-state index is -0.468. The molecule has 2 aromatic heterocycles. The van der Waals surface area contributed by atoms with Crippen LogP contribution in [0.5, 0.6) is 0 Å². The average Bonchev–Trinajstić information content (AvgIpc) is 3.18. The molecule has 5 rings (SSSR count). The Kier molecular flexibility index (Phi) is 5.95. The van der Waals surface area contributed by atoms with Crippen LogP contribution in [0.4, 0.5) is 5.69 Å². The molecule has 2 atom stereocenters. The summed E-state index contributed by atoms with van der Waals surface area (Å²) in [5.74, 6) is 0.405. The van der Waals surface area contributed by atoms with Gasteiger partial charge in [0.05, 0.1) is 0 Å². The third-order valence-corrected chi connectivity index (χ3v) is 7.36. The van der Waals surface area contributed by atoms with Crippen molar-refractivity contribution in [2.24, 2.45) is 5.92 Å².